The number of aliphatic carboxylic acids is 1. The topological polar surface area (TPSA) is 107 Å². The van der Waals surface area contributed by atoms with Crippen molar-refractivity contribution < 1.29 is 30.0 Å². The van der Waals surface area contributed by atoms with Gasteiger partial charge in [0.05, 0.1) is 18.1 Å². The lowest BCUT2D eigenvalue weighted by Crippen LogP contribution is -2.66. The Labute approximate surface area is 247 Å². The van der Waals surface area contributed by atoms with Crippen LogP contribution in [0.3, 0.4) is 0 Å². The van der Waals surface area contributed by atoms with Gasteiger partial charge in [0, 0.05) is 0 Å². The van der Waals surface area contributed by atoms with Crippen LogP contribution in [0.2, 0.25) is 0 Å². The molecule has 232 valence electrons. The lowest BCUT2D eigenvalue weighted by Gasteiger charge is -2.71. The average Bonchev–Trinajstić information content (AvgIpc) is 2.88. The quantitative estimate of drug-likeness (QED) is 0.304. The van der Waals surface area contributed by atoms with E-state index in [0.29, 0.717) is 11.8 Å². The fourth-order valence-corrected chi connectivity index (χ4v) is 12.4. The Morgan fingerprint density at radius 3 is 2.22 bits per heavy atom. The Hall–Kier alpha value is -0.950. The molecule has 0 spiro atoms. The van der Waals surface area contributed by atoms with Gasteiger partial charge < -0.3 is 25.2 Å². The van der Waals surface area contributed by atoms with Gasteiger partial charge >= 0.3 is 5.97 Å². The minimum atomic E-state index is -1.16. The second-order valence-electron chi connectivity index (χ2n) is 17.5. The Kier molecular flexibility index (Phi) is 6.81. The number of carbonyl (C=O) groups is 1. The number of aliphatic hydroxyl groups excluding tert-OH is 3. The number of ether oxygens (including phenoxy) is 1. The second-order valence-corrected chi connectivity index (χ2v) is 17.5. The van der Waals surface area contributed by atoms with Crippen molar-refractivity contribution in [2.45, 2.75) is 137 Å². The summed E-state index contributed by atoms with van der Waals surface area (Å²) in [4.78, 5) is 12.9. The predicted molar refractivity (Wildman–Crippen MR) is 158 cm³/mol. The van der Waals surface area contributed by atoms with Gasteiger partial charge in [-0.25, -0.2) is 0 Å². The third-order valence-corrected chi connectivity index (χ3v) is 15.1. The summed E-state index contributed by atoms with van der Waals surface area (Å²) in [5, 5.41) is 42.1. The van der Waals surface area contributed by atoms with Crippen LogP contribution in [0.4, 0.5) is 0 Å². The van der Waals surface area contributed by atoms with Crippen molar-refractivity contribution in [2.75, 3.05) is 6.61 Å². The number of hydrogen-bond acceptors (Lipinski definition) is 5. The van der Waals surface area contributed by atoms with Gasteiger partial charge in [0.15, 0.2) is 0 Å². The van der Waals surface area contributed by atoms with Gasteiger partial charge in [0.25, 0.3) is 0 Å². The van der Waals surface area contributed by atoms with Crippen LogP contribution in [0.25, 0.3) is 0 Å². The standard InChI is InChI=1S/C35H56O6/c1-30(2)14-16-35(29(39)40)17-15-33(6)20(22(35)18-30)8-9-25-32(5)12-10-21(28-27(38)26(37)23(36)19-41-28)31(3,4)24(32)11-13-34(25,33)7/h8,21-28,36-38H,9-19H2,1-7H3,(H,39,40)/t21-,22?,23+,24?,25?,26?,27?,28-,32-,33+,34+,35-/m0/s1. The molecule has 1 aliphatic heterocycles. The van der Waals surface area contributed by atoms with Gasteiger partial charge in [-0.3, -0.25) is 4.79 Å². The molecule has 0 aromatic rings. The number of carboxylic acids is 1. The summed E-state index contributed by atoms with van der Waals surface area (Å²) in [5.74, 6) is 0.642. The number of rotatable bonds is 2. The largest absolute Gasteiger partial charge is 0.481 e. The molecule has 0 radical (unpaired) electrons. The molecule has 5 aliphatic carbocycles. The Balaban J connectivity index is 1.35. The first-order chi connectivity index (χ1) is 18.9. The van der Waals surface area contributed by atoms with Gasteiger partial charge in [0.2, 0.25) is 0 Å². The summed E-state index contributed by atoms with van der Waals surface area (Å²) in [6, 6.07) is 0. The van der Waals surface area contributed by atoms with E-state index in [0.717, 1.165) is 64.2 Å². The number of allylic oxidation sites excluding steroid dienone is 2. The first-order valence-corrected chi connectivity index (χ1v) is 16.5. The zero-order chi connectivity index (χ0) is 30.0. The molecule has 0 aromatic carbocycles. The Bertz CT molecular complexity index is 1110. The summed E-state index contributed by atoms with van der Waals surface area (Å²) in [7, 11) is 0. The van der Waals surface area contributed by atoms with Crippen molar-refractivity contribution in [3.05, 3.63) is 11.6 Å². The summed E-state index contributed by atoms with van der Waals surface area (Å²) in [5.41, 5.74) is 1.18. The molecule has 41 heavy (non-hydrogen) atoms. The van der Waals surface area contributed by atoms with Crippen LogP contribution in [0.15, 0.2) is 11.6 Å². The molecule has 0 bridgehead atoms. The molecular formula is C35H56O6. The summed E-state index contributed by atoms with van der Waals surface area (Å²) in [6.45, 7) is 17.0. The highest BCUT2D eigenvalue weighted by Gasteiger charge is 2.69. The number of aliphatic hydroxyl groups is 3. The van der Waals surface area contributed by atoms with Crippen molar-refractivity contribution in [1.82, 2.24) is 0 Å². The molecular weight excluding hydrogens is 516 g/mol. The molecule has 5 fully saturated rings. The number of fused-ring (bicyclic) bond motifs is 7. The summed E-state index contributed by atoms with van der Waals surface area (Å²) in [6.07, 6.45) is 8.57. The highest BCUT2D eigenvalue weighted by atomic mass is 16.5. The van der Waals surface area contributed by atoms with E-state index in [2.05, 4.69) is 54.5 Å². The zero-order valence-electron chi connectivity index (χ0n) is 26.6. The van der Waals surface area contributed by atoms with Gasteiger partial charge in [-0.05, 0) is 115 Å². The molecule has 5 unspecified atom stereocenters. The third-order valence-electron chi connectivity index (χ3n) is 15.1. The van der Waals surface area contributed by atoms with Gasteiger partial charge in [0.1, 0.15) is 18.3 Å². The molecule has 0 amide bonds. The van der Waals surface area contributed by atoms with E-state index < -0.39 is 35.8 Å². The SMILES string of the molecule is CC1(C)CC[C@]2(C(=O)O)CC[C@]3(C)C(=CCC4[C@@]5(C)CC[C@@H]([C@@H]6OC[C@@H](O)C(O)C6O)C(C)(C)C5CC[C@]43C)C2C1. The predicted octanol–water partition coefficient (Wildman–Crippen LogP) is 5.97. The maximum Gasteiger partial charge on any atom is 0.310 e. The van der Waals surface area contributed by atoms with E-state index in [-0.39, 0.29) is 45.5 Å². The zero-order valence-corrected chi connectivity index (χ0v) is 26.6. The maximum atomic E-state index is 12.9. The normalized spacial score (nSPS) is 54.0. The molecule has 1 heterocycles. The lowest BCUT2D eigenvalue weighted by atomic mass is 9.33. The second kappa shape index (κ2) is 9.28. The summed E-state index contributed by atoms with van der Waals surface area (Å²) >= 11 is 0. The highest BCUT2D eigenvalue weighted by Crippen LogP contribution is 2.76. The fourth-order valence-electron chi connectivity index (χ4n) is 12.4. The molecule has 6 aliphatic rings. The van der Waals surface area contributed by atoms with Crippen molar-refractivity contribution in [2.24, 2.45) is 56.2 Å². The number of hydrogen-bond donors (Lipinski definition) is 4. The first kappa shape index (κ1) is 30.1. The average molecular weight is 573 g/mol. The molecule has 6 nitrogen and oxygen atoms in total. The van der Waals surface area contributed by atoms with Crippen molar-refractivity contribution >= 4 is 5.97 Å². The van der Waals surface area contributed by atoms with Gasteiger partial charge in [-0.1, -0.05) is 60.1 Å². The molecule has 4 saturated carbocycles. The lowest BCUT2D eigenvalue weighted by molar-refractivity contribution is -0.244. The molecule has 6 rings (SSSR count). The summed E-state index contributed by atoms with van der Waals surface area (Å²) < 4.78 is 6.05. The van der Waals surface area contributed by atoms with Crippen LogP contribution >= 0.6 is 0 Å². The van der Waals surface area contributed by atoms with Crippen LogP contribution in [0, 0.1) is 56.2 Å². The van der Waals surface area contributed by atoms with E-state index in [9.17, 15) is 25.2 Å². The van der Waals surface area contributed by atoms with E-state index in [4.69, 9.17) is 4.74 Å². The Morgan fingerprint density at radius 1 is 0.854 bits per heavy atom. The van der Waals surface area contributed by atoms with Crippen molar-refractivity contribution in [3.63, 3.8) is 0 Å². The highest BCUT2D eigenvalue weighted by molar-refractivity contribution is 5.76. The van der Waals surface area contributed by atoms with Crippen molar-refractivity contribution in [1.29, 1.82) is 0 Å². The third kappa shape index (κ3) is 3.91. The van der Waals surface area contributed by atoms with E-state index in [1.165, 1.54) is 5.57 Å². The van der Waals surface area contributed by atoms with Crippen LogP contribution in [-0.4, -0.2) is 57.4 Å². The Morgan fingerprint density at radius 2 is 1.54 bits per heavy atom. The monoisotopic (exact) mass is 572 g/mol. The van der Waals surface area contributed by atoms with Crippen LogP contribution in [0.1, 0.15) is 113 Å². The van der Waals surface area contributed by atoms with Crippen LogP contribution in [0.5, 0.6) is 0 Å². The fraction of sp³-hybridized carbons (Fsp3) is 0.914. The van der Waals surface area contributed by atoms with E-state index in [1.54, 1.807) is 0 Å². The van der Waals surface area contributed by atoms with Crippen molar-refractivity contribution in [3.8, 4) is 0 Å². The van der Waals surface area contributed by atoms with E-state index in [1.807, 2.05) is 0 Å². The minimum absolute atomic E-state index is 0.00481. The first-order valence-electron chi connectivity index (χ1n) is 16.5. The minimum Gasteiger partial charge on any atom is -0.481 e. The molecule has 12 atom stereocenters. The number of carboxylic acid groups (broad SMARTS) is 1. The van der Waals surface area contributed by atoms with Crippen LogP contribution < -0.4 is 0 Å². The van der Waals surface area contributed by atoms with Gasteiger partial charge in [-0.2, -0.15) is 0 Å². The molecule has 1 saturated heterocycles. The smallest absolute Gasteiger partial charge is 0.310 e. The van der Waals surface area contributed by atoms with Gasteiger partial charge in [-0.15, -0.1) is 0 Å². The molecule has 6 heteroatoms. The molecule has 4 N–H and O–H groups in total. The van der Waals surface area contributed by atoms with Crippen LogP contribution in [-0.2, 0) is 9.53 Å². The molecule has 0 aromatic heterocycles. The van der Waals surface area contributed by atoms with E-state index >= 15 is 0 Å². The maximum absolute atomic E-state index is 12.9.